The number of carbonyl (C=O) groups is 1. The summed E-state index contributed by atoms with van der Waals surface area (Å²) in [5.74, 6) is 1.44. The minimum absolute atomic E-state index is 0.0700. The summed E-state index contributed by atoms with van der Waals surface area (Å²) in [5.41, 5.74) is 3.42. The van der Waals surface area contributed by atoms with Crippen molar-refractivity contribution >= 4 is 29.0 Å². The number of nitrogens with zero attached hydrogens (tertiary/aromatic N) is 4. The van der Waals surface area contributed by atoms with E-state index in [2.05, 4.69) is 53.4 Å². The zero-order valence-electron chi connectivity index (χ0n) is 19.8. The number of rotatable bonds is 5. The van der Waals surface area contributed by atoms with Crippen LogP contribution in [0.5, 0.6) is 0 Å². The largest absolute Gasteiger partial charge is 0.336 e. The van der Waals surface area contributed by atoms with E-state index in [0.717, 1.165) is 48.9 Å². The van der Waals surface area contributed by atoms with E-state index in [-0.39, 0.29) is 11.4 Å². The molecule has 1 amide bonds. The molecule has 0 saturated carbocycles. The van der Waals surface area contributed by atoms with Gasteiger partial charge < -0.3 is 20.4 Å². The van der Waals surface area contributed by atoms with Crippen molar-refractivity contribution in [1.29, 1.82) is 0 Å². The van der Waals surface area contributed by atoms with Crippen LogP contribution < -0.4 is 15.5 Å². The summed E-state index contributed by atoms with van der Waals surface area (Å²) >= 11 is 0. The SMILES string of the molecule is Cc1cnc(Nc2ccc(C(=O)N3CCNCC3)cc2)nc1N(c1ccccc1)C(C)(C)C. The smallest absolute Gasteiger partial charge is 0.253 e. The molecule has 4 rings (SSSR count). The summed E-state index contributed by atoms with van der Waals surface area (Å²) in [5, 5.41) is 6.56. The molecule has 1 aliphatic rings. The van der Waals surface area contributed by atoms with Crippen molar-refractivity contribution in [3.63, 3.8) is 0 Å². The fourth-order valence-electron chi connectivity index (χ4n) is 4.00. The van der Waals surface area contributed by atoms with E-state index in [0.29, 0.717) is 11.5 Å². The second-order valence-corrected chi connectivity index (χ2v) is 9.29. The second-order valence-electron chi connectivity index (χ2n) is 9.29. The molecule has 0 bridgehead atoms. The number of hydrogen-bond acceptors (Lipinski definition) is 6. The number of carbonyl (C=O) groups excluding carboxylic acids is 1. The maximum absolute atomic E-state index is 12.7. The van der Waals surface area contributed by atoms with Gasteiger partial charge in [0.2, 0.25) is 5.95 Å². The van der Waals surface area contributed by atoms with Crippen LogP contribution in [0.1, 0.15) is 36.7 Å². The Morgan fingerprint density at radius 1 is 1.03 bits per heavy atom. The number of para-hydroxylation sites is 1. The van der Waals surface area contributed by atoms with E-state index in [1.54, 1.807) is 0 Å². The molecule has 0 atom stereocenters. The summed E-state index contributed by atoms with van der Waals surface area (Å²) in [6.45, 7) is 11.7. The Bertz CT molecular complexity index is 1090. The Hall–Kier alpha value is -3.45. The molecule has 0 spiro atoms. The van der Waals surface area contributed by atoms with Gasteiger partial charge in [-0.05, 0) is 64.1 Å². The van der Waals surface area contributed by atoms with Crippen LogP contribution in [0.3, 0.4) is 0 Å². The number of piperazine rings is 1. The lowest BCUT2D eigenvalue weighted by Crippen LogP contribution is -2.46. The van der Waals surface area contributed by atoms with Crippen LogP contribution >= 0.6 is 0 Å². The molecule has 2 aromatic carbocycles. The normalized spacial score (nSPS) is 14.1. The average molecular weight is 445 g/mol. The molecule has 33 heavy (non-hydrogen) atoms. The van der Waals surface area contributed by atoms with Crippen LogP contribution in [-0.4, -0.2) is 52.5 Å². The van der Waals surface area contributed by atoms with E-state index in [4.69, 9.17) is 4.98 Å². The van der Waals surface area contributed by atoms with Gasteiger partial charge in [-0.25, -0.2) is 4.98 Å². The minimum Gasteiger partial charge on any atom is -0.336 e. The monoisotopic (exact) mass is 444 g/mol. The zero-order valence-corrected chi connectivity index (χ0v) is 19.8. The molecule has 0 radical (unpaired) electrons. The van der Waals surface area contributed by atoms with Crippen LogP contribution in [0.25, 0.3) is 0 Å². The second kappa shape index (κ2) is 9.58. The van der Waals surface area contributed by atoms with Crippen LogP contribution in [-0.2, 0) is 0 Å². The first kappa shape index (κ1) is 22.7. The van der Waals surface area contributed by atoms with Crippen molar-refractivity contribution < 1.29 is 4.79 Å². The molecule has 1 fully saturated rings. The van der Waals surface area contributed by atoms with Gasteiger partial charge in [0.05, 0.1) is 0 Å². The Kier molecular flexibility index (Phi) is 6.60. The first-order valence-electron chi connectivity index (χ1n) is 11.4. The highest BCUT2D eigenvalue weighted by molar-refractivity contribution is 5.94. The molecule has 3 aromatic rings. The van der Waals surface area contributed by atoms with Gasteiger partial charge in [-0.3, -0.25) is 4.79 Å². The number of aryl methyl sites for hydroxylation is 1. The van der Waals surface area contributed by atoms with Crippen LogP contribution in [0, 0.1) is 6.92 Å². The lowest BCUT2D eigenvalue weighted by Gasteiger charge is -2.37. The first-order chi connectivity index (χ1) is 15.8. The summed E-state index contributed by atoms with van der Waals surface area (Å²) < 4.78 is 0. The predicted octanol–water partition coefficient (Wildman–Crippen LogP) is 4.51. The number of anilines is 4. The van der Waals surface area contributed by atoms with Crippen molar-refractivity contribution in [3.8, 4) is 0 Å². The van der Waals surface area contributed by atoms with Gasteiger partial charge in [0.1, 0.15) is 5.82 Å². The first-order valence-corrected chi connectivity index (χ1v) is 11.4. The number of aromatic nitrogens is 2. The molecule has 1 aromatic heterocycles. The summed E-state index contributed by atoms with van der Waals surface area (Å²) in [6, 6.07) is 17.8. The zero-order chi connectivity index (χ0) is 23.4. The lowest BCUT2D eigenvalue weighted by atomic mass is 10.0. The Morgan fingerprint density at radius 3 is 2.33 bits per heavy atom. The van der Waals surface area contributed by atoms with Gasteiger partial charge in [-0.15, -0.1) is 0 Å². The molecule has 2 heterocycles. The molecule has 0 unspecified atom stereocenters. The highest BCUT2D eigenvalue weighted by atomic mass is 16.2. The van der Waals surface area contributed by atoms with Crippen LogP contribution in [0.15, 0.2) is 60.8 Å². The van der Waals surface area contributed by atoms with Gasteiger partial charge in [-0.2, -0.15) is 4.98 Å². The van der Waals surface area contributed by atoms with E-state index < -0.39 is 0 Å². The summed E-state index contributed by atoms with van der Waals surface area (Å²) in [4.78, 5) is 26.2. The molecule has 7 nitrogen and oxygen atoms in total. The Balaban J connectivity index is 1.56. The molecular weight excluding hydrogens is 412 g/mol. The van der Waals surface area contributed by atoms with Gasteiger partial charge in [0, 0.05) is 60.4 Å². The number of amides is 1. The Morgan fingerprint density at radius 2 is 1.70 bits per heavy atom. The van der Waals surface area contributed by atoms with Gasteiger partial charge in [0.25, 0.3) is 5.91 Å². The summed E-state index contributed by atoms with van der Waals surface area (Å²) in [6.07, 6.45) is 1.84. The van der Waals surface area contributed by atoms with Gasteiger partial charge in [-0.1, -0.05) is 18.2 Å². The van der Waals surface area contributed by atoms with Crippen LogP contribution in [0.2, 0.25) is 0 Å². The Labute approximate surface area is 195 Å². The number of hydrogen-bond donors (Lipinski definition) is 2. The fourth-order valence-corrected chi connectivity index (χ4v) is 4.00. The van der Waals surface area contributed by atoms with Crippen molar-refractivity contribution in [3.05, 3.63) is 71.9 Å². The maximum atomic E-state index is 12.7. The molecule has 1 aliphatic heterocycles. The van der Waals surface area contributed by atoms with E-state index >= 15 is 0 Å². The minimum atomic E-state index is -0.177. The van der Waals surface area contributed by atoms with Gasteiger partial charge >= 0.3 is 0 Å². The molecular formula is C26H32N6O. The highest BCUT2D eigenvalue weighted by Crippen LogP contribution is 2.34. The molecule has 7 heteroatoms. The summed E-state index contributed by atoms with van der Waals surface area (Å²) in [7, 11) is 0. The van der Waals surface area contributed by atoms with E-state index in [9.17, 15) is 4.79 Å². The number of nitrogens with one attached hydrogen (secondary N) is 2. The third kappa shape index (κ3) is 5.31. The van der Waals surface area contributed by atoms with Crippen molar-refractivity contribution in [2.75, 3.05) is 36.4 Å². The predicted molar refractivity (Wildman–Crippen MR) is 134 cm³/mol. The van der Waals surface area contributed by atoms with Crippen LogP contribution in [0.4, 0.5) is 23.1 Å². The topological polar surface area (TPSA) is 73.4 Å². The van der Waals surface area contributed by atoms with Crippen molar-refractivity contribution in [1.82, 2.24) is 20.2 Å². The van der Waals surface area contributed by atoms with Crippen molar-refractivity contribution in [2.24, 2.45) is 0 Å². The highest BCUT2D eigenvalue weighted by Gasteiger charge is 2.26. The maximum Gasteiger partial charge on any atom is 0.253 e. The average Bonchev–Trinajstić information content (AvgIpc) is 2.82. The lowest BCUT2D eigenvalue weighted by molar-refractivity contribution is 0.0736. The van der Waals surface area contributed by atoms with Crippen molar-refractivity contribution in [2.45, 2.75) is 33.2 Å². The fraction of sp³-hybridized carbons (Fsp3) is 0.346. The van der Waals surface area contributed by atoms with E-state index in [1.807, 2.05) is 60.5 Å². The molecule has 0 aliphatic carbocycles. The van der Waals surface area contributed by atoms with Gasteiger partial charge in [0.15, 0.2) is 0 Å². The van der Waals surface area contributed by atoms with E-state index in [1.165, 1.54) is 0 Å². The molecule has 172 valence electrons. The third-order valence-electron chi connectivity index (χ3n) is 5.63. The standard InChI is InChI=1S/C26H32N6O/c1-19-18-28-25(30-23(19)32(26(2,3)4)22-8-6-5-7-9-22)29-21-12-10-20(11-13-21)24(33)31-16-14-27-15-17-31/h5-13,18,27H,14-17H2,1-4H3,(H,28,29,30). The number of benzene rings is 2. The molecule has 2 N–H and O–H groups in total. The third-order valence-corrected chi connectivity index (χ3v) is 5.63. The molecule has 1 saturated heterocycles. The quantitative estimate of drug-likeness (QED) is 0.603.